The second-order valence-electron chi connectivity index (χ2n) is 5.77. The molecule has 2 aromatic heterocycles. The third-order valence-electron chi connectivity index (χ3n) is 3.69. The van der Waals surface area contributed by atoms with E-state index in [-0.39, 0.29) is 11.8 Å². The number of rotatable bonds is 3. The molecule has 0 atom stereocenters. The van der Waals surface area contributed by atoms with Crippen LogP contribution in [0.15, 0.2) is 30.3 Å². The van der Waals surface area contributed by atoms with Crippen molar-refractivity contribution in [3.8, 4) is 0 Å². The van der Waals surface area contributed by atoms with Crippen LogP contribution < -0.4 is 5.32 Å². The number of aryl methyl sites for hydroxylation is 2. The molecule has 0 aliphatic rings. The van der Waals surface area contributed by atoms with E-state index in [1.807, 2.05) is 20.0 Å². The number of anilines is 1. The Labute approximate surface area is 143 Å². The van der Waals surface area contributed by atoms with Gasteiger partial charge in [-0.25, -0.2) is 0 Å². The van der Waals surface area contributed by atoms with Crippen molar-refractivity contribution in [2.45, 2.75) is 6.92 Å². The summed E-state index contributed by atoms with van der Waals surface area (Å²) in [5.74, 6) is -0.292. The van der Waals surface area contributed by atoms with Gasteiger partial charge in [0.1, 0.15) is 4.83 Å². The zero-order valence-electron chi connectivity index (χ0n) is 14.0. The molecule has 0 radical (unpaired) electrons. The maximum atomic E-state index is 12.5. The standard InChI is InChI=1S/C17H18N4O2S/c1-10-13-9-14(24-17(13)21(4)19-10)15(22)18-12-7-5-6-11(8-12)16(23)20(2)3/h5-9H,1-4H3,(H,18,22). The first-order valence-corrected chi connectivity index (χ1v) is 8.24. The van der Waals surface area contributed by atoms with Gasteiger partial charge in [-0.1, -0.05) is 6.07 Å². The van der Waals surface area contributed by atoms with Gasteiger partial charge in [0, 0.05) is 37.8 Å². The summed E-state index contributed by atoms with van der Waals surface area (Å²) in [7, 11) is 5.26. The van der Waals surface area contributed by atoms with Crippen LogP contribution in [-0.4, -0.2) is 40.6 Å². The van der Waals surface area contributed by atoms with Gasteiger partial charge in [-0.15, -0.1) is 11.3 Å². The molecule has 0 aliphatic heterocycles. The van der Waals surface area contributed by atoms with E-state index in [0.717, 1.165) is 15.9 Å². The number of carbonyl (C=O) groups excluding carboxylic acids is 2. The first-order valence-electron chi connectivity index (χ1n) is 7.43. The quantitative estimate of drug-likeness (QED) is 0.796. The van der Waals surface area contributed by atoms with Crippen LogP contribution in [0.1, 0.15) is 25.7 Å². The Balaban J connectivity index is 1.85. The van der Waals surface area contributed by atoms with E-state index in [4.69, 9.17) is 0 Å². The van der Waals surface area contributed by atoms with Crippen LogP contribution in [0.25, 0.3) is 10.2 Å². The van der Waals surface area contributed by atoms with Gasteiger partial charge in [0.2, 0.25) is 0 Å². The summed E-state index contributed by atoms with van der Waals surface area (Å²) in [5.41, 5.74) is 2.04. The molecular formula is C17H18N4O2S. The van der Waals surface area contributed by atoms with Crippen molar-refractivity contribution in [2.75, 3.05) is 19.4 Å². The molecule has 7 heteroatoms. The summed E-state index contributed by atoms with van der Waals surface area (Å²) < 4.78 is 1.78. The molecule has 0 saturated heterocycles. The highest BCUT2D eigenvalue weighted by atomic mass is 32.1. The van der Waals surface area contributed by atoms with Crippen LogP contribution in [0.2, 0.25) is 0 Å². The second kappa shape index (κ2) is 6.09. The molecule has 24 heavy (non-hydrogen) atoms. The molecule has 0 unspecified atom stereocenters. The summed E-state index contributed by atoms with van der Waals surface area (Å²) in [6.07, 6.45) is 0. The summed E-state index contributed by atoms with van der Waals surface area (Å²) in [4.78, 5) is 27.6. The minimum Gasteiger partial charge on any atom is -0.345 e. The number of hydrogen-bond acceptors (Lipinski definition) is 4. The molecule has 2 amide bonds. The zero-order chi connectivity index (χ0) is 17.4. The van der Waals surface area contributed by atoms with E-state index in [2.05, 4.69) is 10.4 Å². The summed E-state index contributed by atoms with van der Waals surface area (Å²) >= 11 is 1.40. The van der Waals surface area contributed by atoms with Gasteiger partial charge in [-0.05, 0) is 31.2 Å². The average Bonchev–Trinajstić information content (AvgIpc) is 3.09. The number of nitrogens with one attached hydrogen (secondary N) is 1. The Kier molecular flexibility index (Phi) is 4.11. The van der Waals surface area contributed by atoms with Crippen LogP contribution in [0.5, 0.6) is 0 Å². The molecule has 0 spiro atoms. The molecule has 0 fully saturated rings. The van der Waals surface area contributed by atoms with Crippen LogP contribution in [0, 0.1) is 6.92 Å². The number of aromatic nitrogens is 2. The number of carbonyl (C=O) groups is 2. The molecule has 0 saturated carbocycles. The molecule has 6 nitrogen and oxygen atoms in total. The fourth-order valence-corrected chi connectivity index (χ4v) is 3.52. The normalized spacial score (nSPS) is 10.8. The number of hydrogen-bond donors (Lipinski definition) is 1. The second-order valence-corrected chi connectivity index (χ2v) is 6.80. The minimum absolute atomic E-state index is 0.102. The topological polar surface area (TPSA) is 67.2 Å². The van der Waals surface area contributed by atoms with Gasteiger partial charge < -0.3 is 10.2 Å². The van der Waals surface area contributed by atoms with E-state index in [0.29, 0.717) is 16.1 Å². The van der Waals surface area contributed by atoms with Gasteiger partial charge in [0.15, 0.2) is 0 Å². The minimum atomic E-state index is -0.190. The molecule has 0 bridgehead atoms. The van der Waals surface area contributed by atoms with Crippen molar-refractivity contribution < 1.29 is 9.59 Å². The molecule has 1 N–H and O–H groups in total. The van der Waals surface area contributed by atoms with Crippen molar-refractivity contribution in [1.82, 2.24) is 14.7 Å². The Morgan fingerprint density at radius 3 is 2.67 bits per heavy atom. The highest BCUT2D eigenvalue weighted by Gasteiger charge is 2.16. The Bertz CT molecular complexity index is 905. The maximum Gasteiger partial charge on any atom is 0.265 e. The van der Waals surface area contributed by atoms with Gasteiger partial charge in [0.25, 0.3) is 11.8 Å². The fourth-order valence-electron chi connectivity index (χ4n) is 2.50. The number of nitrogens with zero attached hydrogens (tertiary/aromatic N) is 3. The monoisotopic (exact) mass is 342 g/mol. The highest BCUT2D eigenvalue weighted by Crippen LogP contribution is 2.28. The fraction of sp³-hybridized carbons (Fsp3) is 0.235. The smallest absolute Gasteiger partial charge is 0.265 e. The third kappa shape index (κ3) is 2.90. The summed E-state index contributed by atoms with van der Waals surface area (Å²) in [5, 5.41) is 8.18. The van der Waals surface area contributed by atoms with E-state index >= 15 is 0 Å². The van der Waals surface area contributed by atoms with Crippen molar-refractivity contribution in [1.29, 1.82) is 0 Å². The van der Waals surface area contributed by atoms with E-state index in [9.17, 15) is 9.59 Å². The Hall–Kier alpha value is -2.67. The molecule has 3 rings (SSSR count). The van der Waals surface area contributed by atoms with Gasteiger partial charge >= 0.3 is 0 Å². The SMILES string of the molecule is Cc1nn(C)c2sc(C(=O)Nc3cccc(C(=O)N(C)C)c3)cc12. The van der Waals surface area contributed by atoms with Gasteiger partial charge in [-0.3, -0.25) is 14.3 Å². The van der Waals surface area contributed by atoms with Crippen LogP contribution in [0.4, 0.5) is 5.69 Å². The number of fused-ring (bicyclic) bond motifs is 1. The van der Waals surface area contributed by atoms with Crippen molar-refractivity contribution in [3.63, 3.8) is 0 Å². The van der Waals surface area contributed by atoms with E-state index < -0.39 is 0 Å². The van der Waals surface area contributed by atoms with Crippen molar-refractivity contribution >= 4 is 39.1 Å². The molecule has 2 heterocycles. The van der Waals surface area contributed by atoms with Crippen LogP contribution in [0.3, 0.4) is 0 Å². The van der Waals surface area contributed by atoms with Crippen LogP contribution in [-0.2, 0) is 7.05 Å². The number of thiophene rings is 1. The Morgan fingerprint density at radius 1 is 1.25 bits per heavy atom. The molecular weight excluding hydrogens is 324 g/mol. The van der Waals surface area contributed by atoms with Crippen LogP contribution >= 0.6 is 11.3 Å². The lowest BCUT2D eigenvalue weighted by molar-refractivity contribution is 0.0827. The lowest BCUT2D eigenvalue weighted by atomic mass is 10.2. The Morgan fingerprint density at radius 2 is 2.00 bits per heavy atom. The first kappa shape index (κ1) is 16.2. The lowest BCUT2D eigenvalue weighted by Crippen LogP contribution is -2.21. The van der Waals surface area contributed by atoms with Crippen molar-refractivity contribution in [3.05, 3.63) is 46.5 Å². The summed E-state index contributed by atoms with van der Waals surface area (Å²) in [6, 6.07) is 8.79. The molecule has 124 valence electrons. The average molecular weight is 342 g/mol. The maximum absolute atomic E-state index is 12.5. The molecule has 0 aliphatic carbocycles. The number of amides is 2. The van der Waals surface area contributed by atoms with Gasteiger partial charge in [-0.2, -0.15) is 5.10 Å². The number of benzene rings is 1. The lowest BCUT2D eigenvalue weighted by Gasteiger charge is -2.11. The van der Waals surface area contributed by atoms with Gasteiger partial charge in [0.05, 0.1) is 10.6 Å². The van der Waals surface area contributed by atoms with Crippen molar-refractivity contribution in [2.24, 2.45) is 7.05 Å². The highest BCUT2D eigenvalue weighted by molar-refractivity contribution is 7.20. The zero-order valence-corrected chi connectivity index (χ0v) is 14.8. The van der Waals surface area contributed by atoms with E-state index in [1.54, 1.807) is 43.0 Å². The van der Waals surface area contributed by atoms with E-state index in [1.165, 1.54) is 16.2 Å². The third-order valence-corrected chi connectivity index (χ3v) is 4.89. The predicted molar refractivity (Wildman–Crippen MR) is 95.7 cm³/mol. The molecule has 3 aromatic rings. The first-order chi connectivity index (χ1) is 11.4. The summed E-state index contributed by atoms with van der Waals surface area (Å²) in [6.45, 7) is 1.92. The molecule has 1 aromatic carbocycles. The largest absolute Gasteiger partial charge is 0.345 e. The predicted octanol–water partition coefficient (Wildman–Crippen LogP) is 2.90.